The number of hydrogen-bond donors (Lipinski definition) is 2. The smallest absolute Gasteiger partial charge is 0.267 e. The van der Waals surface area contributed by atoms with Gasteiger partial charge in [-0.25, -0.2) is 9.36 Å². The van der Waals surface area contributed by atoms with Gasteiger partial charge in [0.25, 0.3) is 11.1 Å². The van der Waals surface area contributed by atoms with Crippen LogP contribution >= 0.6 is 23.2 Å². The van der Waals surface area contributed by atoms with Gasteiger partial charge in [-0.1, -0.05) is 59.6 Å². The lowest BCUT2D eigenvalue weighted by Crippen LogP contribution is -2.46. The van der Waals surface area contributed by atoms with Gasteiger partial charge in [0.1, 0.15) is 36.0 Å². The van der Waals surface area contributed by atoms with Gasteiger partial charge in [0.2, 0.25) is 5.91 Å². The first kappa shape index (κ1) is 38.5. The SMILES string of the molecule is COc1cccc(-c2ccc(=O)n(C(C)(C=O)CNc3cc(COc4cccc(-c5ccc(=O)n(C(C)C(=O)Nc6cccc(Cl)c6)n5)c4)ccc3Cl)n2)c1. The maximum absolute atomic E-state index is 13.0. The Morgan fingerprint density at radius 1 is 0.836 bits per heavy atom. The molecule has 55 heavy (non-hydrogen) atoms. The molecule has 2 unspecified atom stereocenters. The zero-order chi connectivity index (χ0) is 39.1. The van der Waals surface area contributed by atoms with Gasteiger partial charge < -0.3 is 24.9 Å². The van der Waals surface area contributed by atoms with Crippen molar-refractivity contribution in [3.05, 3.63) is 152 Å². The molecule has 0 saturated carbocycles. The average Bonchev–Trinajstić information content (AvgIpc) is 3.20. The van der Waals surface area contributed by atoms with Crippen molar-refractivity contribution in [3.8, 4) is 34.0 Å². The van der Waals surface area contributed by atoms with E-state index in [1.54, 1.807) is 99.8 Å². The van der Waals surface area contributed by atoms with Gasteiger partial charge >= 0.3 is 0 Å². The third-order valence-electron chi connectivity index (χ3n) is 8.77. The Bertz CT molecular complexity index is 2490. The van der Waals surface area contributed by atoms with Gasteiger partial charge in [0.15, 0.2) is 0 Å². The highest BCUT2D eigenvalue weighted by atomic mass is 35.5. The molecule has 0 aliphatic heterocycles. The molecule has 0 saturated heterocycles. The molecular formula is C41H36Cl2N6O6. The molecule has 0 fully saturated rings. The van der Waals surface area contributed by atoms with Crippen LogP contribution < -0.4 is 31.2 Å². The first-order valence-corrected chi connectivity index (χ1v) is 17.9. The van der Waals surface area contributed by atoms with Gasteiger partial charge in [-0.2, -0.15) is 10.2 Å². The number of nitrogens with zero attached hydrogens (tertiary/aromatic N) is 4. The summed E-state index contributed by atoms with van der Waals surface area (Å²) in [5.74, 6) is 0.734. The molecule has 0 spiro atoms. The molecule has 1 amide bonds. The topological polar surface area (TPSA) is 146 Å². The Hall–Kier alpha value is -6.24. The summed E-state index contributed by atoms with van der Waals surface area (Å²) in [5.41, 5.74) is 1.91. The van der Waals surface area contributed by atoms with Crippen molar-refractivity contribution in [1.29, 1.82) is 0 Å². The summed E-state index contributed by atoms with van der Waals surface area (Å²) < 4.78 is 13.7. The minimum Gasteiger partial charge on any atom is -0.497 e. The molecule has 2 atom stereocenters. The van der Waals surface area contributed by atoms with Crippen LogP contribution in [0.5, 0.6) is 11.5 Å². The lowest BCUT2D eigenvalue weighted by atomic mass is 10.0. The van der Waals surface area contributed by atoms with E-state index < -0.39 is 28.6 Å². The number of methoxy groups -OCH3 is 1. The zero-order valence-electron chi connectivity index (χ0n) is 30.0. The Labute approximate surface area is 326 Å². The molecule has 0 aliphatic carbocycles. The number of aromatic nitrogens is 4. The van der Waals surface area contributed by atoms with E-state index in [9.17, 15) is 19.2 Å². The van der Waals surface area contributed by atoms with Crippen molar-refractivity contribution in [2.75, 3.05) is 24.3 Å². The Kier molecular flexibility index (Phi) is 11.8. The highest BCUT2D eigenvalue weighted by Gasteiger charge is 2.29. The van der Waals surface area contributed by atoms with Crippen LogP contribution in [0.15, 0.2) is 125 Å². The van der Waals surface area contributed by atoms with Crippen LogP contribution in [0.4, 0.5) is 11.4 Å². The van der Waals surface area contributed by atoms with Crippen LogP contribution in [0.25, 0.3) is 22.5 Å². The van der Waals surface area contributed by atoms with Crippen LogP contribution in [0.2, 0.25) is 10.0 Å². The Balaban J connectivity index is 1.14. The summed E-state index contributed by atoms with van der Waals surface area (Å²) in [6, 6.07) is 31.5. The van der Waals surface area contributed by atoms with Crippen LogP contribution in [0.1, 0.15) is 25.5 Å². The number of carbonyl (C=O) groups excluding carboxylic acids is 2. The lowest BCUT2D eigenvalue weighted by Gasteiger charge is -2.26. The number of ether oxygens (including phenoxy) is 2. The van der Waals surface area contributed by atoms with Crippen molar-refractivity contribution in [1.82, 2.24) is 19.6 Å². The fourth-order valence-corrected chi connectivity index (χ4v) is 6.02. The number of anilines is 2. The first-order valence-electron chi connectivity index (χ1n) is 17.1. The van der Waals surface area contributed by atoms with E-state index in [1.807, 2.05) is 24.3 Å². The number of halogens is 2. The largest absolute Gasteiger partial charge is 0.497 e. The molecular weight excluding hydrogens is 743 g/mol. The predicted octanol–water partition coefficient (Wildman–Crippen LogP) is 7.25. The van der Waals surface area contributed by atoms with Gasteiger partial charge in [-0.15, -0.1) is 0 Å². The van der Waals surface area contributed by atoms with Gasteiger partial charge in [0.05, 0.1) is 29.2 Å². The second kappa shape index (κ2) is 16.8. The summed E-state index contributed by atoms with van der Waals surface area (Å²) in [4.78, 5) is 51.2. The predicted molar refractivity (Wildman–Crippen MR) is 213 cm³/mol. The number of carbonyl (C=O) groups is 2. The lowest BCUT2D eigenvalue weighted by molar-refractivity contribution is -0.119. The van der Waals surface area contributed by atoms with E-state index in [4.69, 9.17) is 32.7 Å². The standard InChI is InChI=1S/C41H36Cl2N6O6/c1-26(40(53)45-31-10-6-9-30(42)22-31)48-38(51)17-15-35(46-48)29-8-5-12-33(21-29)55-23-27-13-14-34(43)37(19-27)44-24-41(2,25-50)49-39(52)18-16-36(47-49)28-7-4-11-32(20-28)54-3/h4-22,25-26,44H,23-24H2,1-3H3,(H,45,53). The molecule has 6 aromatic rings. The Morgan fingerprint density at radius 3 is 2.22 bits per heavy atom. The van der Waals surface area contributed by atoms with E-state index in [0.29, 0.717) is 56.2 Å². The van der Waals surface area contributed by atoms with Gasteiger partial charge in [-0.05, 0) is 86.1 Å². The van der Waals surface area contributed by atoms with E-state index in [2.05, 4.69) is 20.8 Å². The molecule has 2 heterocycles. The minimum absolute atomic E-state index is 0.00702. The monoisotopic (exact) mass is 778 g/mol. The first-order chi connectivity index (χ1) is 26.5. The molecule has 12 nitrogen and oxygen atoms in total. The molecule has 280 valence electrons. The fourth-order valence-electron chi connectivity index (χ4n) is 5.64. The maximum atomic E-state index is 13.0. The quantitative estimate of drug-likeness (QED) is 0.109. The van der Waals surface area contributed by atoms with Crippen molar-refractivity contribution in [2.24, 2.45) is 0 Å². The van der Waals surface area contributed by atoms with E-state index >= 15 is 0 Å². The zero-order valence-corrected chi connectivity index (χ0v) is 31.5. The number of amides is 1. The molecule has 0 bridgehead atoms. The Morgan fingerprint density at radius 2 is 1.51 bits per heavy atom. The molecule has 0 radical (unpaired) electrons. The normalized spacial score (nSPS) is 12.6. The molecule has 2 N–H and O–H groups in total. The maximum Gasteiger partial charge on any atom is 0.267 e. The van der Waals surface area contributed by atoms with E-state index in [-0.39, 0.29) is 13.2 Å². The number of nitrogens with one attached hydrogen (secondary N) is 2. The van der Waals surface area contributed by atoms with Gasteiger partial charge in [0, 0.05) is 40.5 Å². The molecule has 14 heteroatoms. The number of aldehydes is 1. The second-order valence-corrected chi connectivity index (χ2v) is 13.7. The average molecular weight is 780 g/mol. The van der Waals surface area contributed by atoms with Crippen LogP contribution in [-0.2, 0) is 21.7 Å². The second-order valence-electron chi connectivity index (χ2n) is 12.8. The highest BCUT2D eigenvalue weighted by Crippen LogP contribution is 2.28. The highest BCUT2D eigenvalue weighted by molar-refractivity contribution is 6.33. The molecule has 6 rings (SSSR count). The number of benzene rings is 4. The molecule has 2 aromatic heterocycles. The van der Waals surface area contributed by atoms with Crippen molar-refractivity contribution in [2.45, 2.75) is 32.0 Å². The molecule has 0 aliphatic rings. The third-order valence-corrected chi connectivity index (χ3v) is 9.33. The number of rotatable bonds is 14. The summed E-state index contributed by atoms with van der Waals surface area (Å²) in [5, 5.41) is 15.9. The summed E-state index contributed by atoms with van der Waals surface area (Å²) in [6.07, 6.45) is 0.676. The summed E-state index contributed by atoms with van der Waals surface area (Å²) >= 11 is 12.6. The van der Waals surface area contributed by atoms with E-state index in [0.717, 1.165) is 20.5 Å². The van der Waals surface area contributed by atoms with Crippen molar-refractivity contribution >= 4 is 46.8 Å². The van der Waals surface area contributed by atoms with Crippen molar-refractivity contribution < 1.29 is 19.1 Å². The number of hydrogen-bond acceptors (Lipinski definition) is 9. The summed E-state index contributed by atoms with van der Waals surface area (Å²) in [6.45, 7) is 3.37. The fraction of sp³-hybridized carbons (Fsp3) is 0.171. The van der Waals surface area contributed by atoms with Crippen LogP contribution in [0, 0.1) is 0 Å². The minimum atomic E-state index is -1.36. The van der Waals surface area contributed by atoms with Crippen LogP contribution in [-0.4, -0.2) is 45.4 Å². The third kappa shape index (κ3) is 9.11. The van der Waals surface area contributed by atoms with Gasteiger partial charge in [-0.3, -0.25) is 14.4 Å². The summed E-state index contributed by atoms with van der Waals surface area (Å²) in [7, 11) is 1.56. The van der Waals surface area contributed by atoms with Crippen molar-refractivity contribution in [3.63, 3.8) is 0 Å². The van der Waals surface area contributed by atoms with Crippen LogP contribution in [0.3, 0.4) is 0 Å². The van der Waals surface area contributed by atoms with E-state index in [1.165, 1.54) is 12.1 Å². The molecule has 4 aromatic carbocycles.